The Bertz CT molecular complexity index is 9310. The molecule has 10 aromatic heterocycles. The van der Waals surface area contributed by atoms with E-state index in [-0.39, 0.29) is 5.69 Å². The van der Waals surface area contributed by atoms with Crippen LogP contribution in [0.4, 0.5) is 0 Å². The van der Waals surface area contributed by atoms with Crippen molar-refractivity contribution in [3.05, 3.63) is 360 Å². The molecule has 0 aliphatic carbocycles. The topological polar surface area (TPSA) is 150 Å². The molecule has 10 heterocycles. The second kappa shape index (κ2) is 32.2. The highest BCUT2D eigenvalue weighted by Crippen LogP contribution is 2.46. The van der Waals surface area contributed by atoms with Crippen LogP contribution in [0.2, 0.25) is 0 Å². The summed E-state index contributed by atoms with van der Waals surface area (Å²) < 4.78 is 112. The van der Waals surface area contributed by atoms with Crippen LogP contribution in [0.25, 0.3) is 220 Å². The van der Waals surface area contributed by atoms with Crippen LogP contribution in [0, 0.1) is 62.1 Å². The summed E-state index contributed by atoms with van der Waals surface area (Å²) in [4.78, 5) is 0. The van der Waals surface area contributed by atoms with Crippen LogP contribution >= 0.6 is 0 Å². The number of fused-ring (bicyclic) bond motifs is 20. The maximum atomic E-state index is 8.12. The molecule has 0 atom stereocenters. The van der Waals surface area contributed by atoms with Crippen LogP contribution in [0.3, 0.4) is 0 Å². The van der Waals surface area contributed by atoms with E-state index >= 15 is 0 Å². The van der Waals surface area contributed by atoms with Gasteiger partial charge in [0.2, 0.25) is 28.5 Å². The van der Waals surface area contributed by atoms with Crippen molar-refractivity contribution in [2.24, 2.45) is 35.2 Å². The van der Waals surface area contributed by atoms with Gasteiger partial charge >= 0.3 is 0 Å². The molecule has 0 aliphatic rings. The number of nitrogens with zero attached hydrogens (tertiary/aromatic N) is 10. The largest absolute Gasteiger partial charge is 0.455 e. The Labute approximate surface area is 756 Å². The lowest BCUT2D eigenvalue weighted by atomic mass is 9.96. The van der Waals surface area contributed by atoms with E-state index in [0.717, 1.165) is 187 Å². The summed E-state index contributed by atoms with van der Waals surface area (Å²) in [5.41, 5.74) is 24.2. The smallest absolute Gasteiger partial charge is 0.243 e. The number of benzene rings is 15. The Hall–Kier alpha value is -16.0. The molecular formula is C114H93N10O5+5. The van der Waals surface area contributed by atoms with Gasteiger partial charge in [0, 0.05) is 96.5 Å². The van der Waals surface area contributed by atoms with Gasteiger partial charge in [-0.15, -0.1) is 0 Å². The average Bonchev–Trinajstić information content (AvgIpc) is 1.56. The highest BCUT2D eigenvalue weighted by molar-refractivity contribution is 6.19. The fourth-order valence-electron chi connectivity index (χ4n) is 18.5. The summed E-state index contributed by atoms with van der Waals surface area (Å²) in [5.74, 6) is 0. The fraction of sp³-hybridized carbons (Fsp3) is 0.123. The first-order valence-electron chi connectivity index (χ1n) is 47.3. The molecule has 0 spiro atoms. The van der Waals surface area contributed by atoms with Crippen molar-refractivity contribution in [2.75, 3.05) is 0 Å². The van der Waals surface area contributed by atoms with Gasteiger partial charge in [-0.05, 0) is 277 Å². The number of furan rings is 5. The van der Waals surface area contributed by atoms with Crippen molar-refractivity contribution < 1.29 is 57.8 Å². The second-order valence-corrected chi connectivity index (χ2v) is 33.4. The summed E-state index contributed by atoms with van der Waals surface area (Å²) in [6.45, 7) is 5.37. The molecule has 0 saturated heterocycles. The van der Waals surface area contributed by atoms with Gasteiger partial charge < -0.3 is 22.1 Å². The van der Waals surface area contributed by atoms with Crippen molar-refractivity contribution in [3.63, 3.8) is 0 Å². The summed E-state index contributed by atoms with van der Waals surface area (Å²) >= 11 is 0. The Kier molecular flexibility index (Phi) is 17.5. The summed E-state index contributed by atoms with van der Waals surface area (Å²) in [6, 6.07) is 95.7. The SMILES string of the molecule is Cc1ccc2c(oc3cc4ccccc4cc32)c1-c1cccn[n+]1C.Cc1cn[n+](C)c(-c2c(C)ccc3c2oc2cc4ccccc4cc23)c1.[2H]C([2H])([2H])c1cc(C)c(-c2cccn[n+]2C)c2oc3cc4ccccc4cc3c12.[2H]C([2H])([2H])c1cc2c(oc3cc4ccccc4cc32)c(-c2cccn[n+]2C)c1C.[2H]C([2H])([2H])c1ccc(-c2c(C)ccc3c2oc2cc4ccccc4cc23)[n+](C)n1. The van der Waals surface area contributed by atoms with E-state index in [1.807, 2.05) is 168 Å². The third kappa shape index (κ3) is 14.2. The lowest BCUT2D eigenvalue weighted by Gasteiger charge is -2.07. The Morgan fingerprint density at radius 3 is 0.961 bits per heavy atom. The van der Waals surface area contributed by atoms with Gasteiger partial charge in [-0.25, -0.2) is 0 Å². The minimum Gasteiger partial charge on any atom is -0.455 e. The van der Waals surface area contributed by atoms with Gasteiger partial charge in [0.1, 0.15) is 61.5 Å². The average molecular weight is 1690 g/mol. The summed E-state index contributed by atoms with van der Waals surface area (Å²) in [7, 11) is 9.42. The zero-order valence-corrected chi connectivity index (χ0v) is 73.0. The van der Waals surface area contributed by atoms with Crippen LogP contribution in [0.15, 0.2) is 332 Å². The first kappa shape index (κ1) is 70.3. The molecule has 25 aromatic rings. The van der Waals surface area contributed by atoms with Crippen molar-refractivity contribution in [2.45, 2.75) is 62.1 Å². The lowest BCUT2D eigenvalue weighted by Crippen LogP contribution is -2.36. The summed E-state index contributed by atoms with van der Waals surface area (Å²) in [5, 5.41) is 43.1. The molecule has 0 unspecified atom stereocenters. The monoisotopic (exact) mass is 1690 g/mol. The molecule has 0 N–H and O–H groups in total. The molecular weight excluding hydrogens is 1590 g/mol. The Balaban J connectivity index is 0.000000103. The highest BCUT2D eigenvalue weighted by atomic mass is 16.3. The van der Waals surface area contributed by atoms with Crippen LogP contribution in [0.5, 0.6) is 0 Å². The molecule has 624 valence electrons. The number of rotatable bonds is 5. The van der Waals surface area contributed by atoms with Crippen molar-refractivity contribution >= 4 is 164 Å². The molecule has 25 rings (SSSR count). The van der Waals surface area contributed by atoms with E-state index in [2.05, 4.69) is 204 Å². The number of hydrogen-bond acceptors (Lipinski definition) is 10. The number of aromatic nitrogens is 10. The standard InChI is InChI=1S/4C23H19N2O.C22H17N2O/c1-14-11-19-18-12-16-7-4-5-8-17(16)13-21(18)26-23(19)22(15(14)2)20-9-6-10-24-25(20)3;1-14-11-15(2)22(19-9-6-10-24-25(19)3)23-21(14)18-12-16-7-4-5-8-17(16)13-20(18)26-23;1-14-8-10-18-19-12-16-6-4-5-7-17(16)13-21(19)26-23(18)22(14)20-11-9-15(2)24-25(20)3;1-14-10-20(25(3)24-13-14)22-15(2)8-9-18-19-11-16-6-4-5-7-17(16)12-21(19)26-23(18)22;1-14-9-10-17-18-12-15-6-3-4-7-16(15)13-20(18)25-22(17)21(14)19-8-5-11-23-24(19)2/h4*4-13H,1-3H3;3-13H,1-2H3/q5*+1/i2*1D3;2D3;;. The maximum absolute atomic E-state index is 8.12. The van der Waals surface area contributed by atoms with Crippen molar-refractivity contribution in [1.29, 1.82) is 0 Å². The van der Waals surface area contributed by atoms with Gasteiger partial charge in [0.05, 0.1) is 52.6 Å². The van der Waals surface area contributed by atoms with Gasteiger partial charge in [-0.3, -0.25) is 0 Å². The van der Waals surface area contributed by atoms with Crippen LogP contribution < -0.4 is 23.4 Å². The van der Waals surface area contributed by atoms with Gasteiger partial charge in [-0.1, -0.05) is 187 Å². The molecule has 0 bridgehead atoms. The third-order valence-corrected chi connectivity index (χ3v) is 25.1. The molecule has 0 amide bonds. The molecule has 0 fully saturated rings. The van der Waals surface area contributed by atoms with E-state index in [9.17, 15) is 0 Å². The third-order valence-electron chi connectivity index (χ3n) is 25.1. The van der Waals surface area contributed by atoms with E-state index < -0.39 is 20.6 Å². The molecule has 15 heteroatoms. The number of hydrogen-bond donors (Lipinski definition) is 0. The Morgan fingerprint density at radius 2 is 0.574 bits per heavy atom. The summed E-state index contributed by atoms with van der Waals surface area (Å²) in [6.07, 6.45) is 7.10. The second-order valence-electron chi connectivity index (χ2n) is 33.4. The Morgan fingerprint density at radius 1 is 0.240 bits per heavy atom. The quantitative estimate of drug-likeness (QED) is 0.152. The highest BCUT2D eigenvalue weighted by Gasteiger charge is 2.29. The molecule has 15 aromatic carbocycles. The van der Waals surface area contributed by atoms with E-state index in [1.165, 1.54) is 38.1 Å². The lowest BCUT2D eigenvalue weighted by molar-refractivity contribution is -0.720. The minimum absolute atomic E-state index is 0.0735. The first-order valence-corrected chi connectivity index (χ1v) is 42.8. The van der Waals surface area contributed by atoms with E-state index in [4.69, 9.17) is 34.4 Å². The van der Waals surface area contributed by atoms with Crippen LogP contribution in [0.1, 0.15) is 62.5 Å². The van der Waals surface area contributed by atoms with E-state index in [1.54, 1.807) is 63.9 Å². The van der Waals surface area contributed by atoms with Gasteiger partial charge in [-0.2, -0.15) is 0 Å². The minimum atomic E-state index is -2.25. The van der Waals surface area contributed by atoms with Crippen molar-refractivity contribution in [1.82, 2.24) is 25.5 Å². The fourth-order valence-corrected chi connectivity index (χ4v) is 18.5. The molecule has 15 nitrogen and oxygen atoms in total. The first-order chi connectivity index (χ1) is 66.3. The maximum Gasteiger partial charge on any atom is 0.243 e. The molecule has 0 aliphatic heterocycles. The van der Waals surface area contributed by atoms with E-state index in [0.29, 0.717) is 38.8 Å². The molecule has 0 radical (unpaired) electrons. The molecule has 0 saturated carbocycles. The van der Waals surface area contributed by atoms with Crippen LogP contribution in [-0.2, 0) is 35.2 Å². The zero-order valence-electron chi connectivity index (χ0n) is 82.0. The predicted octanol–water partition coefficient (Wildman–Crippen LogP) is 25.9. The van der Waals surface area contributed by atoms with Crippen LogP contribution in [-0.4, -0.2) is 25.5 Å². The van der Waals surface area contributed by atoms with Gasteiger partial charge in [0.15, 0.2) is 35.2 Å². The number of aryl methyl sites for hydroxylation is 13. The van der Waals surface area contributed by atoms with Crippen molar-refractivity contribution in [3.8, 4) is 56.3 Å². The zero-order chi connectivity index (χ0) is 95.8. The predicted molar refractivity (Wildman–Crippen MR) is 521 cm³/mol. The molecule has 129 heavy (non-hydrogen) atoms. The van der Waals surface area contributed by atoms with Gasteiger partial charge in [0.25, 0.3) is 0 Å². The normalized spacial score (nSPS) is 13.0.